The normalized spacial score (nSPS) is 13.9. The molecule has 0 spiro atoms. The predicted octanol–water partition coefficient (Wildman–Crippen LogP) is 6.79. The first kappa shape index (κ1) is 24.6. The maximum Gasteiger partial charge on any atom is 0.326 e. The van der Waals surface area contributed by atoms with Crippen molar-refractivity contribution < 1.29 is 4.79 Å². The largest absolute Gasteiger partial charge is 0.333 e. The fraction of sp³-hybridized carbons (Fsp3) is 0.241. The molecule has 4 aromatic rings. The second-order valence-electron chi connectivity index (χ2n) is 9.32. The third kappa shape index (κ3) is 5.19. The third-order valence-electron chi connectivity index (χ3n) is 6.70. The standard InChI is InChI=1S/C29H28Cl2N4O/c1-19-5-7-21(8-6-19)4-3-12-34-13-10-26-24(18-34)23-16-25(30)20(2)14-27(23)35(26)29(36)33-17-22-9-11-32-28(31)15-22/h3-9,11,14-16H,10,12-13,17-18H2,1-2H3,(H,33,36)/b4-3+. The summed E-state index contributed by atoms with van der Waals surface area (Å²) in [6.45, 7) is 6.92. The molecule has 1 aliphatic rings. The van der Waals surface area contributed by atoms with Crippen molar-refractivity contribution in [2.45, 2.75) is 33.4 Å². The summed E-state index contributed by atoms with van der Waals surface area (Å²) >= 11 is 12.5. The molecule has 0 radical (unpaired) electrons. The Hall–Kier alpha value is -3.12. The Morgan fingerprint density at radius 1 is 1.11 bits per heavy atom. The zero-order valence-electron chi connectivity index (χ0n) is 20.4. The average molecular weight is 519 g/mol. The van der Waals surface area contributed by atoms with Gasteiger partial charge in [-0.05, 0) is 60.4 Å². The quantitative estimate of drug-likeness (QED) is 0.296. The number of amides is 1. The summed E-state index contributed by atoms with van der Waals surface area (Å²) in [6.07, 6.45) is 6.80. The summed E-state index contributed by atoms with van der Waals surface area (Å²) in [5, 5.41) is 5.21. The van der Waals surface area contributed by atoms with E-state index in [1.54, 1.807) is 12.3 Å². The molecule has 0 bridgehead atoms. The van der Waals surface area contributed by atoms with Crippen LogP contribution in [-0.4, -0.2) is 33.6 Å². The van der Waals surface area contributed by atoms with Crippen molar-refractivity contribution in [3.05, 3.63) is 104 Å². The number of nitrogens with zero attached hydrogens (tertiary/aromatic N) is 3. The van der Waals surface area contributed by atoms with Crippen molar-refractivity contribution >= 4 is 46.2 Å². The van der Waals surface area contributed by atoms with Crippen LogP contribution in [0, 0.1) is 13.8 Å². The van der Waals surface area contributed by atoms with Gasteiger partial charge >= 0.3 is 6.03 Å². The van der Waals surface area contributed by atoms with Crippen LogP contribution in [0.4, 0.5) is 4.79 Å². The fourth-order valence-corrected chi connectivity index (χ4v) is 5.11. The highest BCUT2D eigenvalue weighted by atomic mass is 35.5. The summed E-state index contributed by atoms with van der Waals surface area (Å²) in [7, 11) is 0. The number of benzene rings is 2. The van der Waals surface area contributed by atoms with Gasteiger partial charge in [-0.15, -0.1) is 0 Å². The minimum atomic E-state index is -0.149. The maximum absolute atomic E-state index is 13.4. The molecule has 0 fully saturated rings. The van der Waals surface area contributed by atoms with Crippen LogP contribution in [0.5, 0.6) is 0 Å². The van der Waals surface area contributed by atoms with E-state index in [9.17, 15) is 4.79 Å². The molecule has 5 rings (SSSR count). The van der Waals surface area contributed by atoms with Gasteiger partial charge in [0.15, 0.2) is 0 Å². The van der Waals surface area contributed by atoms with E-state index < -0.39 is 0 Å². The van der Waals surface area contributed by atoms with Gasteiger partial charge in [0.1, 0.15) is 5.15 Å². The van der Waals surface area contributed by atoms with E-state index in [4.69, 9.17) is 23.2 Å². The highest BCUT2D eigenvalue weighted by molar-refractivity contribution is 6.32. The van der Waals surface area contributed by atoms with E-state index >= 15 is 0 Å². The van der Waals surface area contributed by atoms with Crippen LogP contribution in [0.2, 0.25) is 10.2 Å². The summed E-state index contributed by atoms with van der Waals surface area (Å²) in [5.74, 6) is 0. The maximum atomic E-state index is 13.4. The number of carbonyl (C=O) groups excluding carboxylic acids is 1. The van der Waals surface area contributed by atoms with Crippen LogP contribution in [0.15, 0.2) is 60.8 Å². The molecule has 2 aromatic heterocycles. The SMILES string of the molecule is Cc1ccc(/C=C/CN2CCc3c(c4cc(Cl)c(C)cc4n3C(=O)NCc3ccnc(Cl)c3)C2)cc1. The molecule has 0 aliphatic carbocycles. The van der Waals surface area contributed by atoms with Gasteiger partial charge in [-0.3, -0.25) is 9.47 Å². The van der Waals surface area contributed by atoms with Crippen LogP contribution in [0.1, 0.15) is 33.5 Å². The molecule has 1 N–H and O–H groups in total. The molecule has 0 saturated heterocycles. The highest BCUT2D eigenvalue weighted by Gasteiger charge is 2.26. The number of hydrogen-bond acceptors (Lipinski definition) is 3. The van der Waals surface area contributed by atoms with Crippen molar-refractivity contribution in [1.29, 1.82) is 0 Å². The molecular weight excluding hydrogens is 491 g/mol. The second kappa shape index (κ2) is 10.5. The van der Waals surface area contributed by atoms with Crippen LogP contribution in [0.25, 0.3) is 17.0 Å². The van der Waals surface area contributed by atoms with Gasteiger partial charge in [0.2, 0.25) is 0 Å². The van der Waals surface area contributed by atoms with E-state index in [-0.39, 0.29) is 6.03 Å². The topological polar surface area (TPSA) is 50.2 Å². The van der Waals surface area contributed by atoms with Crippen molar-refractivity contribution in [2.24, 2.45) is 0 Å². The molecule has 7 heteroatoms. The molecule has 184 valence electrons. The Kier molecular flexibility index (Phi) is 7.15. The molecule has 0 atom stereocenters. The van der Waals surface area contributed by atoms with Gasteiger partial charge in [-0.25, -0.2) is 9.78 Å². The molecule has 1 amide bonds. The Morgan fingerprint density at radius 3 is 2.69 bits per heavy atom. The minimum Gasteiger partial charge on any atom is -0.333 e. The van der Waals surface area contributed by atoms with E-state index in [1.807, 2.05) is 29.7 Å². The lowest BCUT2D eigenvalue weighted by Crippen LogP contribution is -2.34. The van der Waals surface area contributed by atoms with Crippen molar-refractivity contribution in [1.82, 2.24) is 19.8 Å². The Morgan fingerprint density at radius 2 is 1.92 bits per heavy atom. The zero-order valence-corrected chi connectivity index (χ0v) is 21.9. The summed E-state index contributed by atoms with van der Waals surface area (Å²) in [4.78, 5) is 19.8. The summed E-state index contributed by atoms with van der Waals surface area (Å²) in [5.41, 5.74) is 7.43. The van der Waals surface area contributed by atoms with Gasteiger partial charge in [0.25, 0.3) is 0 Å². The number of fused-ring (bicyclic) bond motifs is 3. The number of carbonyl (C=O) groups is 1. The van der Waals surface area contributed by atoms with Gasteiger partial charge in [-0.2, -0.15) is 0 Å². The van der Waals surface area contributed by atoms with Gasteiger partial charge in [-0.1, -0.05) is 65.2 Å². The van der Waals surface area contributed by atoms with E-state index in [1.165, 1.54) is 16.7 Å². The van der Waals surface area contributed by atoms with Crippen LogP contribution >= 0.6 is 23.2 Å². The molecule has 2 aromatic carbocycles. The average Bonchev–Trinajstić information content (AvgIpc) is 3.16. The van der Waals surface area contributed by atoms with Crippen LogP contribution in [-0.2, 0) is 19.5 Å². The molecule has 5 nitrogen and oxygen atoms in total. The lowest BCUT2D eigenvalue weighted by Gasteiger charge is -2.27. The van der Waals surface area contributed by atoms with Crippen molar-refractivity contribution in [3.8, 4) is 0 Å². The molecular formula is C29H28Cl2N4O. The molecule has 0 unspecified atom stereocenters. The number of pyridine rings is 1. The lowest BCUT2D eigenvalue weighted by atomic mass is 10.0. The lowest BCUT2D eigenvalue weighted by molar-refractivity contribution is 0.240. The third-order valence-corrected chi connectivity index (χ3v) is 7.31. The molecule has 36 heavy (non-hydrogen) atoms. The van der Waals surface area contributed by atoms with E-state index in [0.29, 0.717) is 16.7 Å². The highest BCUT2D eigenvalue weighted by Crippen LogP contribution is 2.34. The molecule has 0 saturated carbocycles. The van der Waals surface area contributed by atoms with Crippen LogP contribution in [0.3, 0.4) is 0 Å². The fourth-order valence-electron chi connectivity index (χ4n) is 4.75. The number of halogens is 2. The molecule has 3 heterocycles. The summed E-state index contributed by atoms with van der Waals surface area (Å²) in [6, 6.07) is 16.0. The van der Waals surface area contributed by atoms with Gasteiger partial charge in [0, 0.05) is 54.9 Å². The van der Waals surface area contributed by atoms with Gasteiger partial charge < -0.3 is 5.32 Å². The number of nitrogens with one attached hydrogen (secondary N) is 1. The van der Waals surface area contributed by atoms with Crippen LogP contribution < -0.4 is 5.32 Å². The first-order valence-corrected chi connectivity index (χ1v) is 12.8. The first-order valence-electron chi connectivity index (χ1n) is 12.1. The monoisotopic (exact) mass is 518 g/mol. The molecule has 1 aliphatic heterocycles. The van der Waals surface area contributed by atoms with Gasteiger partial charge in [0.05, 0.1) is 5.52 Å². The zero-order chi connectivity index (χ0) is 25.2. The summed E-state index contributed by atoms with van der Waals surface area (Å²) < 4.78 is 1.83. The first-order chi connectivity index (χ1) is 17.4. The van der Waals surface area contributed by atoms with Crippen molar-refractivity contribution in [3.63, 3.8) is 0 Å². The minimum absolute atomic E-state index is 0.149. The van der Waals surface area contributed by atoms with E-state index in [2.05, 4.69) is 58.5 Å². The number of aromatic nitrogens is 2. The van der Waals surface area contributed by atoms with E-state index in [0.717, 1.165) is 53.8 Å². The second-order valence-corrected chi connectivity index (χ2v) is 10.1. The Balaban J connectivity index is 1.40. The Labute approximate surface area is 221 Å². The number of hydrogen-bond donors (Lipinski definition) is 1. The van der Waals surface area contributed by atoms with Crippen molar-refractivity contribution in [2.75, 3.05) is 13.1 Å². The predicted molar refractivity (Wildman–Crippen MR) is 148 cm³/mol. The number of aryl methyl sites for hydroxylation is 2. The smallest absolute Gasteiger partial charge is 0.326 e. The Bertz CT molecular complexity index is 1460. The number of rotatable bonds is 5.